The summed E-state index contributed by atoms with van der Waals surface area (Å²) < 4.78 is 54.9. The molecule has 4 rings (SSSR count). The first-order valence-corrected chi connectivity index (χ1v) is 10.6. The first-order valence-electron chi connectivity index (χ1n) is 9.65. The van der Waals surface area contributed by atoms with Gasteiger partial charge in [-0.15, -0.1) is 11.8 Å². The maximum absolute atomic E-state index is 14.0. The molecule has 0 spiro atoms. The number of benzene rings is 3. The molecule has 1 aliphatic rings. The average Bonchev–Trinajstić information content (AvgIpc) is 3.06. The van der Waals surface area contributed by atoms with Crippen molar-refractivity contribution in [1.82, 2.24) is 5.32 Å². The molecule has 0 saturated heterocycles. The third kappa shape index (κ3) is 3.83. The minimum Gasteiger partial charge on any atom is -0.345 e. The number of hydrogen-bond acceptors (Lipinski definition) is 2. The summed E-state index contributed by atoms with van der Waals surface area (Å²) in [5.74, 6) is -6.27. The minimum atomic E-state index is -1.47. The van der Waals surface area contributed by atoms with E-state index < -0.39 is 33.6 Å². The fraction of sp³-hybridized carbons (Fsp3) is 0.208. The van der Waals surface area contributed by atoms with Crippen molar-refractivity contribution in [3.8, 4) is 11.1 Å². The van der Waals surface area contributed by atoms with Crippen molar-refractivity contribution in [3.05, 3.63) is 89.0 Å². The van der Waals surface area contributed by atoms with E-state index in [4.69, 9.17) is 0 Å². The van der Waals surface area contributed by atoms with Crippen LogP contribution in [-0.4, -0.2) is 11.7 Å². The number of carbonyl (C=O) groups is 1. The van der Waals surface area contributed by atoms with E-state index in [2.05, 4.69) is 5.32 Å². The standard InChI is InChI=1S/C24H19F4NOS/c1-24(2,12-31-22-19(27)17(25)11-18(26)20(22)28)23(30)29-21-15-9-5-3-7-13(15)14-8-4-6-10-16(14)21/h3-11,21H,12H2,1-2H3,(H,29,30). The molecule has 1 N–H and O–H groups in total. The molecule has 0 radical (unpaired) electrons. The van der Waals surface area contributed by atoms with Crippen molar-refractivity contribution >= 4 is 17.7 Å². The first kappa shape index (κ1) is 21.4. The van der Waals surface area contributed by atoms with Crippen LogP contribution in [-0.2, 0) is 4.79 Å². The van der Waals surface area contributed by atoms with Crippen LogP contribution in [0.2, 0.25) is 0 Å². The lowest BCUT2D eigenvalue weighted by Crippen LogP contribution is -2.40. The Hall–Kier alpha value is -2.80. The Kier molecular flexibility index (Phi) is 5.56. The molecule has 0 fully saturated rings. The molecule has 3 aromatic carbocycles. The second kappa shape index (κ2) is 8.04. The van der Waals surface area contributed by atoms with Crippen molar-refractivity contribution < 1.29 is 22.4 Å². The number of halogens is 4. The smallest absolute Gasteiger partial charge is 0.227 e. The van der Waals surface area contributed by atoms with Gasteiger partial charge in [0.15, 0.2) is 23.3 Å². The van der Waals surface area contributed by atoms with Crippen LogP contribution < -0.4 is 5.32 Å². The molecule has 31 heavy (non-hydrogen) atoms. The molecule has 2 nitrogen and oxygen atoms in total. The average molecular weight is 445 g/mol. The highest BCUT2D eigenvalue weighted by Crippen LogP contribution is 2.43. The Morgan fingerprint density at radius 3 is 1.90 bits per heavy atom. The van der Waals surface area contributed by atoms with Crippen molar-refractivity contribution in [3.63, 3.8) is 0 Å². The minimum absolute atomic E-state index is 0.0778. The Morgan fingerprint density at radius 1 is 0.903 bits per heavy atom. The Morgan fingerprint density at radius 2 is 1.39 bits per heavy atom. The second-order valence-electron chi connectivity index (χ2n) is 8.05. The zero-order chi connectivity index (χ0) is 22.3. The summed E-state index contributed by atoms with van der Waals surface area (Å²) in [6.07, 6.45) is 0. The largest absolute Gasteiger partial charge is 0.345 e. The number of thioether (sulfide) groups is 1. The molecule has 0 saturated carbocycles. The summed E-state index contributed by atoms with van der Waals surface area (Å²) in [6, 6.07) is 15.3. The van der Waals surface area contributed by atoms with Gasteiger partial charge in [-0.1, -0.05) is 62.4 Å². The molecule has 7 heteroatoms. The van der Waals surface area contributed by atoms with Gasteiger partial charge >= 0.3 is 0 Å². The summed E-state index contributed by atoms with van der Waals surface area (Å²) in [5.41, 5.74) is 2.93. The molecule has 0 aromatic heterocycles. The number of nitrogens with one attached hydrogen (secondary N) is 1. The monoisotopic (exact) mass is 445 g/mol. The first-order chi connectivity index (χ1) is 14.7. The quantitative estimate of drug-likeness (QED) is 0.286. The van der Waals surface area contributed by atoms with Gasteiger partial charge in [0.05, 0.1) is 16.4 Å². The Balaban J connectivity index is 1.55. The third-order valence-corrected chi connectivity index (χ3v) is 6.89. The number of amides is 1. The van der Waals surface area contributed by atoms with Crippen LogP contribution in [0.25, 0.3) is 11.1 Å². The van der Waals surface area contributed by atoms with Gasteiger partial charge in [0.2, 0.25) is 5.91 Å². The van der Waals surface area contributed by atoms with Gasteiger partial charge in [-0.2, -0.15) is 0 Å². The van der Waals surface area contributed by atoms with Crippen molar-refractivity contribution in [2.45, 2.75) is 24.8 Å². The van der Waals surface area contributed by atoms with Crippen LogP contribution in [0.1, 0.15) is 31.0 Å². The van der Waals surface area contributed by atoms with Crippen LogP contribution in [0.15, 0.2) is 59.5 Å². The van der Waals surface area contributed by atoms with E-state index in [-0.39, 0.29) is 23.8 Å². The SMILES string of the molecule is CC(C)(CSc1c(F)c(F)cc(F)c1F)C(=O)NC1c2ccccc2-c2ccccc21. The molecular weight excluding hydrogens is 426 g/mol. The molecule has 0 heterocycles. The summed E-state index contributed by atoms with van der Waals surface area (Å²) in [5, 5.41) is 3.03. The second-order valence-corrected chi connectivity index (χ2v) is 9.04. The number of rotatable bonds is 5. The molecule has 1 aliphatic carbocycles. The zero-order valence-corrected chi connectivity index (χ0v) is 17.6. The Labute approximate surface area is 181 Å². The van der Waals surface area contributed by atoms with E-state index in [0.29, 0.717) is 11.8 Å². The highest BCUT2D eigenvalue weighted by Gasteiger charge is 2.35. The topological polar surface area (TPSA) is 29.1 Å². The summed E-state index contributed by atoms with van der Waals surface area (Å²) in [4.78, 5) is 12.3. The number of fused-ring (bicyclic) bond motifs is 3. The lowest BCUT2D eigenvalue weighted by Gasteiger charge is -2.26. The van der Waals surface area contributed by atoms with Gasteiger partial charge in [-0.3, -0.25) is 4.79 Å². The maximum atomic E-state index is 14.0. The molecule has 0 bridgehead atoms. The van der Waals surface area contributed by atoms with Gasteiger partial charge in [0.1, 0.15) is 0 Å². The van der Waals surface area contributed by atoms with Crippen molar-refractivity contribution in [1.29, 1.82) is 0 Å². The van der Waals surface area contributed by atoms with Gasteiger partial charge in [0.25, 0.3) is 0 Å². The third-order valence-electron chi connectivity index (χ3n) is 5.37. The van der Waals surface area contributed by atoms with Crippen LogP contribution in [0.4, 0.5) is 17.6 Å². The predicted octanol–water partition coefficient (Wildman–Crippen LogP) is 6.25. The van der Waals surface area contributed by atoms with Gasteiger partial charge in [-0.05, 0) is 22.3 Å². The van der Waals surface area contributed by atoms with Gasteiger partial charge in [-0.25, -0.2) is 17.6 Å². The molecular formula is C24H19F4NOS. The summed E-state index contributed by atoms with van der Waals surface area (Å²) in [7, 11) is 0. The van der Waals surface area contributed by atoms with E-state index in [1.165, 1.54) is 0 Å². The van der Waals surface area contributed by atoms with E-state index in [1.807, 2.05) is 48.5 Å². The van der Waals surface area contributed by atoms with Gasteiger partial charge in [0, 0.05) is 11.8 Å². The van der Waals surface area contributed by atoms with E-state index in [9.17, 15) is 22.4 Å². The normalized spacial score (nSPS) is 13.1. The van der Waals surface area contributed by atoms with E-state index in [0.717, 1.165) is 22.3 Å². The van der Waals surface area contributed by atoms with Gasteiger partial charge < -0.3 is 5.32 Å². The van der Waals surface area contributed by atoms with Crippen LogP contribution in [0, 0.1) is 28.7 Å². The number of carbonyl (C=O) groups excluding carboxylic acids is 1. The van der Waals surface area contributed by atoms with Crippen LogP contribution in [0.5, 0.6) is 0 Å². The molecule has 0 unspecified atom stereocenters. The summed E-state index contributed by atoms with van der Waals surface area (Å²) >= 11 is 0.576. The number of hydrogen-bond donors (Lipinski definition) is 1. The van der Waals surface area contributed by atoms with Crippen LogP contribution in [0.3, 0.4) is 0 Å². The highest BCUT2D eigenvalue weighted by molar-refractivity contribution is 7.99. The van der Waals surface area contributed by atoms with Crippen molar-refractivity contribution in [2.75, 3.05) is 5.75 Å². The maximum Gasteiger partial charge on any atom is 0.227 e. The lowest BCUT2D eigenvalue weighted by atomic mass is 9.93. The summed E-state index contributed by atoms with van der Waals surface area (Å²) in [6.45, 7) is 3.24. The molecule has 1 amide bonds. The molecule has 0 atom stereocenters. The fourth-order valence-corrected chi connectivity index (χ4v) is 4.72. The molecule has 3 aromatic rings. The lowest BCUT2D eigenvalue weighted by molar-refractivity contribution is -0.128. The highest BCUT2D eigenvalue weighted by atomic mass is 32.2. The Bertz CT molecular complexity index is 1110. The van der Waals surface area contributed by atoms with Crippen LogP contribution >= 0.6 is 11.8 Å². The predicted molar refractivity (Wildman–Crippen MR) is 113 cm³/mol. The van der Waals surface area contributed by atoms with E-state index in [1.54, 1.807) is 13.8 Å². The van der Waals surface area contributed by atoms with Crippen molar-refractivity contribution in [2.24, 2.45) is 5.41 Å². The zero-order valence-electron chi connectivity index (χ0n) is 16.8. The van der Waals surface area contributed by atoms with E-state index >= 15 is 0 Å². The fourth-order valence-electron chi connectivity index (χ4n) is 3.63. The molecule has 0 aliphatic heterocycles. The molecule has 160 valence electrons.